The third kappa shape index (κ3) is 1.99. The fourth-order valence-corrected chi connectivity index (χ4v) is 2.86. The van der Waals surface area contributed by atoms with Crippen LogP contribution in [0.2, 0.25) is 0 Å². The lowest BCUT2D eigenvalue weighted by Crippen LogP contribution is -2.33. The standard InChI is InChI=1S/C11H14N4OS/c1-16-9-5-12-4-8(9)15-10-7-2-3-17-11(7)14-6-13-10/h2-3,6,8-9,12H,4-5H2,1H3,(H,13,14,15)/t8?,9-/m1/s1. The molecule has 3 heterocycles. The van der Waals surface area contributed by atoms with E-state index < -0.39 is 0 Å². The smallest absolute Gasteiger partial charge is 0.138 e. The third-order valence-corrected chi connectivity index (χ3v) is 3.87. The van der Waals surface area contributed by atoms with Crippen LogP contribution < -0.4 is 10.6 Å². The van der Waals surface area contributed by atoms with E-state index in [9.17, 15) is 0 Å². The van der Waals surface area contributed by atoms with Gasteiger partial charge in [0.2, 0.25) is 0 Å². The summed E-state index contributed by atoms with van der Waals surface area (Å²) in [6.45, 7) is 1.78. The zero-order valence-electron chi connectivity index (χ0n) is 9.51. The number of nitrogens with one attached hydrogen (secondary N) is 2. The highest BCUT2D eigenvalue weighted by molar-refractivity contribution is 7.16. The molecular formula is C11H14N4OS. The summed E-state index contributed by atoms with van der Waals surface area (Å²) in [6, 6.07) is 2.31. The Morgan fingerprint density at radius 3 is 3.29 bits per heavy atom. The fraction of sp³-hybridized carbons (Fsp3) is 0.455. The molecule has 5 nitrogen and oxygen atoms in total. The van der Waals surface area contributed by atoms with Gasteiger partial charge in [0.05, 0.1) is 17.5 Å². The minimum atomic E-state index is 0.193. The highest BCUT2D eigenvalue weighted by Crippen LogP contribution is 2.25. The number of ether oxygens (including phenoxy) is 1. The summed E-state index contributed by atoms with van der Waals surface area (Å²) in [5.41, 5.74) is 0. The second-order valence-corrected chi connectivity index (χ2v) is 4.94. The van der Waals surface area contributed by atoms with Crippen molar-refractivity contribution in [3.63, 3.8) is 0 Å². The molecule has 0 saturated carbocycles. The minimum absolute atomic E-state index is 0.193. The minimum Gasteiger partial charge on any atom is -0.378 e. The molecule has 6 heteroatoms. The quantitative estimate of drug-likeness (QED) is 0.854. The molecule has 3 rings (SSSR count). The molecule has 1 unspecified atom stereocenters. The van der Waals surface area contributed by atoms with Crippen molar-refractivity contribution in [3.05, 3.63) is 17.8 Å². The number of thiophene rings is 1. The topological polar surface area (TPSA) is 59.1 Å². The van der Waals surface area contributed by atoms with E-state index in [0.29, 0.717) is 0 Å². The van der Waals surface area contributed by atoms with Crippen molar-refractivity contribution in [2.45, 2.75) is 12.1 Å². The molecule has 0 radical (unpaired) electrons. The van der Waals surface area contributed by atoms with Gasteiger partial charge in [-0.05, 0) is 11.4 Å². The highest BCUT2D eigenvalue weighted by Gasteiger charge is 2.27. The summed E-state index contributed by atoms with van der Waals surface area (Å²) in [7, 11) is 1.74. The van der Waals surface area contributed by atoms with Crippen molar-refractivity contribution in [2.75, 3.05) is 25.5 Å². The zero-order valence-corrected chi connectivity index (χ0v) is 10.3. The Bertz CT molecular complexity index is 515. The van der Waals surface area contributed by atoms with Crippen LogP contribution in [0.5, 0.6) is 0 Å². The van der Waals surface area contributed by atoms with E-state index in [2.05, 4.69) is 20.6 Å². The van der Waals surface area contributed by atoms with Gasteiger partial charge in [-0.25, -0.2) is 9.97 Å². The van der Waals surface area contributed by atoms with Crippen molar-refractivity contribution in [3.8, 4) is 0 Å². The number of hydrogen-bond donors (Lipinski definition) is 2. The van der Waals surface area contributed by atoms with Crippen LogP contribution in [0, 0.1) is 0 Å². The average molecular weight is 250 g/mol. The van der Waals surface area contributed by atoms with Gasteiger partial charge in [0.15, 0.2) is 0 Å². The first-order valence-electron chi connectivity index (χ1n) is 5.57. The van der Waals surface area contributed by atoms with Crippen molar-refractivity contribution < 1.29 is 4.74 Å². The van der Waals surface area contributed by atoms with Crippen LogP contribution in [-0.2, 0) is 4.74 Å². The van der Waals surface area contributed by atoms with Gasteiger partial charge in [-0.1, -0.05) is 0 Å². The summed E-state index contributed by atoms with van der Waals surface area (Å²) in [5, 5.41) is 9.86. The van der Waals surface area contributed by atoms with Gasteiger partial charge in [-0.2, -0.15) is 0 Å². The lowest BCUT2D eigenvalue weighted by Gasteiger charge is -2.19. The van der Waals surface area contributed by atoms with E-state index in [1.54, 1.807) is 24.8 Å². The first-order chi connectivity index (χ1) is 8.38. The normalized spacial score (nSPS) is 24.3. The van der Waals surface area contributed by atoms with Gasteiger partial charge in [0.25, 0.3) is 0 Å². The summed E-state index contributed by atoms with van der Waals surface area (Å²) in [6.07, 6.45) is 1.80. The molecule has 2 atom stereocenters. The van der Waals surface area contributed by atoms with Gasteiger partial charge in [-0.3, -0.25) is 0 Å². The molecule has 0 aromatic carbocycles. The number of fused-ring (bicyclic) bond motifs is 1. The van der Waals surface area contributed by atoms with Crippen molar-refractivity contribution in [1.29, 1.82) is 0 Å². The maximum atomic E-state index is 5.42. The van der Waals surface area contributed by atoms with Crippen LogP contribution in [0.15, 0.2) is 17.8 Å². The Hall–Kier alpha value is -1.24. The Kier molecular flexibility index (Phi) is 2.92. The summed E-state index contributed by atoms with van der Waals surface area (Å²) in [5.74, 6) is 0.895. The molecule has 1 aliphatic heterocycles. The van der Waals surface area contributed by atoms with Crippen molar-refractivity contribution in [1.82, 2.24) is 15.3 Å². The zero-order chi connectivity index (χ0) is 11.7. The largest absolute Gasteiger partial charge is 0.378 e. The maximum absolute atomic E-state index is 5.42. The molecule has 0 amide bonds. The number of anilines is 1. The third-order valence-electron chi connectivity index (χ3n) is 3.05. The molecule has 1 aliphatic rings. The van der Waals surface area contributed by atoms with Crippen LogP contribution in [0.25, 0.3) is 10.2 Å². The SMILES string of the molecule is CO[C@@H]1CNCC1Nc1ncnc2sccc12. The lowest BCUT2D eigenvalue weighted by molar-refractivity contribution is 0.111. The Morgan fingerprint density at radius 1 is 1.47 bits per heavy atom. The summed E-state index contributed by atoms with van der Waals surface area (Å²) >= 11 is 1.63. The van der Waals surface area contributed by atoms with Gasteiger partial charge >= 0.3 is 0 Å². The van der Waals surface area contributed by atoms with Crippen molar-refractivity contribution >= 4 is 27.4 Å². The average Bonchev–Trinajstić information content (AvgIpc) is 2.97. The van der Waals surface area contributed by atoms with E-state index in [4.69, 9.17) is 4.74 Å². The Balaban J connectivity index is 1.87. The van der Waals surface area contributed by atoms with Gasteiger partial charge < -0.3 is 15.4 Å². The molecule has 0 bridgehead atoms. The number of nitrogens with zero attached hydrogens (tertiary/aromatic N) is 2. The van der Waals surface area contributed by atoms with E-state index in [1.807, 2.05) is 11.4 Å². The Labute approximate surface area is 103 Å². The summed E-state index contributed by atoms with van der Waals surface area (Å²) < 4.78 is 5.42. The van der Waals surface area contributed by atoms with Crippen LogP contribution in [0.1, 0.15) is 0 Å². The molecule has 90 valence electrons. The summed E-state index contributed by atoms with van der Waals surface area (Å²) in [4.78, 5) is 9.56. The van der Waals surface area contributed by atoms with Crippen LogP contribution in [0.3, 0.4) is 0 Å². The first kappa shape index (κ1) is 10.9. The van der Waals surface area contributed by atoms with Crippen LogP contribution in [-0.4, -0.2) is 42.3 Å². The Morgan fingerprint density at radius 2 is 2.41 bits per heavy atom. The predicted octanol–water partition coefficient (Wildman–Crippen LogP) is 1.09. The molecule has 1 fully saturated rings. The second-order valence-electron chi connectivity index (χ2n) is 4.04. The molecule has 0 spiro atoms. The maximum Gasteiger partial charge on any atom is 0.138 e. The number of rotatable bonds is 3. The lowest BCUT2D eigenvalue weighted by atomic mass is 10.2. The van der Waals surface area contributed by atoms with Gasteiger partial charge in [0, 0.05) is 20.2 Å². The predicted molar refractivity (Wildman–Crippen MR) is 68.5 cm³/mol. The number of methoxy groups -OCH3 is 1. The highest BCUT2D eigenvalue weighted by atomic mass is 32.1. The molecular weight excluding hydrogens is 236 g/mol. The van der Waals surface area contributed by atoms with E-state index in [0.717, 1.165) is 29.1 Å². The molecule has 2 aromatic heterocycles. The monoisotopic (exact) mass is 250 g/mol. The molecule has 2 aromatic rings. The van der Waals surface area contributed by atoms with Crippen LogP contribution >= 0.6 is 11.3 Å². The molecule has 2 N–H and O–H groups in total. The molecule has 1 saturated heterocycles. The fourth-order valence-electron chi connectivity index (χ4n) is 2.13. The van der Waals surface area contributed by atoms with Crippen LogP contribution in [0.4, 0.5) is 5.82 Å². The van der Waals surface area contributed by atoms with E-state index in [-0.39, 0.29) is 12.1 Å². The molecule has 17 heavy (non-hydrogen) atoms. The number of aromatic nitrogens is 2. The van der Waals surface area contributed by atoms with Gasteiger partial charge in [-0.15, -0.1) is 11.3 Å². The first-order valence-corrected chi connectivity index (χ1v) is 6.44. The van der Waals surface area contributed by atoms with E-state index in [1.165, 1.54) is 0 Å². The van der Waals surface area contributed by atoms with E-state index >= 15 is 0 Å². The van der Waals surface area contributed by atoms with Gasteiger partial charge in [0.1, 0.15) is 17.0 Å². The van der Waals surface area contributed by atoms with Crippen molar-refractivity contribution in [2.24, 2.45) is 0 Å². The molecule has 0 aliphatic carbocycles. The number of hydrogen-bond acceptors (Lipinski definition) is 6. The second kappa shape index (κ2) is 4.56.